The van der Waals surface area contributed by atoms with Crippen LogP contribution in [-0.2, 0) is 4.74 Å². The van der Waals surface area contributed by atoms with Crippen LogP contribution < -0.4 is 9.47 Å². The summed E-state index contributed by atoms with van der Waals surface area (Å²) in [5.74, 6) is 0.954. The molecule has 0 aliphatic heterocycles. The van der Waals surface area contributed by atoms with Gasteiger partial charge in [-0.1, -0.05) is 6.07 Å². The van der Waals surface area contributed by atoms with E-state index in [2.05, 4.69) is 0 Å². The molecule has 0 saturated heterocycles. The fourth-order valence-electron chi connectivity index (χ4n) is 1.07. The molecule has 14 heavy (non-hydrogen) atoms. The van der Waals surface area contributed by atoms with E-state index in [-0.39, 0.29) is 6.79 Å². The molecule has 0 saturated carbocycles. The van der Waals surface area contributed by atoms with Crippen molar-refractivity contribution in [2.45, 2.75) is 0 Å². The summed E-state index contributed by atoms with van der Waals surface area (Å²) in [5.41, 5.74) is 0.395. The molecule has 1 rings (SSSR count). The largest absolute Gasteiger partial charge is 0.496 e. The third-order valence-electron chi connectivity index (χ3n) is 1.70. The van der Waals surface area contributed by atoms with Crippen LogP contribution in [0.5, 0.6) is 11.5 Å². The van der Waals surface area contributed by atoms with E-state index in [1.165, 1.54) is 14.2 Å². The van der Waals surface area contributed by atoms with Crippen LogP contribution in [-0.4, -0.2) is 27.3 Å². The van der Waals surface area contributed by atoms with E-state index in [9.17, 15) is 4.79 Å². The van der Waals surface area contributed by atoms with E-state index < -0.39 is 0 Å². The van der Waals surface area contributed by atoms with Crippen LogP contribution in [0.1, 0.15) is 10.4 Å². The Bertz CT molecular complexity index is 309. The molecule has 0 unspecified atom stereocenters. The molecule has 76 valence electrons. The van der Waals surface area contributed by atoms with Crippen molar-refractivity contribution in [2.75, 3.05) is 21.0 Å². The van der Waals surface area contributed by atoms with Crippen LogP contribution in [0.15, 0.2) is 18.2 Å². The van der Waals surface area contributed by atoms with Crippen molar-refractivity contribution in [2.24, 2.45) is 0 Å². The Morgan fingerprint density at radius 2 is 2.00 bits per heavy atom. The van der Waals surface area contributed by atoms with Gasteiger partial charge in [0.15, 0.2) is 13.1 Å². The molecule has 0 spiro atoms. The Morgan fingerprint density at radius 3 is 2.57 bits per heavy atom. The van der Waals surface area contributed by atoms with Gasteiger partial charge in [-0.3, -0.25) is 4.79 Å². The average molecular weight is 196 g/mol. The summed E-state index contributed by atoms with van der Waals surface area (Å²) in [6.07, 6.45) is 0.698. The zero-order valence-corrected chi connectivity index (χ0v) is 8.15. The molecule has 0 atom stereocenters. The maximum Gasteiger partial charge on any atom is 0.188 e. The van der Waals surface area contributed by atoms with E-state index in [1.807, 2.05) is 0 Å². The summed E-state index contributed by atoms with van der Waals surface area (Å²) in [4.78, 5) is 10.8. The summed E-state index contributed by atoms with van der Waals surface area (Å²) < 4.78 is 14.9. The molecule has 0 fully saturated rings. The van der Waals surface area contributed by atoms with E-state index in [1.54, 1.807) is 18.2 Å². The lowest BCUT2D eigenvalue weighted by atomic mass is 10.2. The summed E-state index contributed by atoms with van der Waals surface area (Å²) in [6.45, 7) is 0.105. The zero-order chi connectivity index (χ0) is 10.4. The minimum absolute atomic E-state index is 0.105. The van der Waals surface area contributed by atoms with Gasteiger partial charge in [-0.2, -0.15) is 0 Å². The maximum absolute atomic E-state index is 10.8. The molecule has 0 N–H and O–H groups in total. The first-order valence-electron chi connectivity index (χ1n) is 4.07. The van der Waals surface area contributed by atoms with E-state index >= 15 is 0 Å². The molecule has 1 aromatic rings. The quantitative estimate of drug-likeness (QED) is 0.528. The Kier molecular flexibility index (Phi) is 3.94. The third kappa shape index (κ3) is 2.23. The number of benzene rings is 1. The molecule has 1 aromatic carbocycles. The van der Waals surface area contributed by atoms with Crippen LogP contribution in [0.4, 0.5) is 0 Å². The molecular weight excluding hydrogens is 184 g/mol. The lowest BCUT2D eigenvalue weighted by Gasteiger charge is -2.09. The van der Waals surface area contributed by atoms with Crippen LogP contribution in [0.3, 0.4) is 0 Å². The number of carbonyl (C=O) groups is 1. The highest BCUT2D eigenvalue weighted by molar-refractivity contribution is 5.83. The number of ether oxygens (including phenoxy) is 3. The molecule has 0 aliphatic carbocycles. The van der Waals surface area contributed by atoms with Gasteiger partial charge in [0, 0.05) is 7.11 Å². The molecule has 0 amide bonds. The van der Waals surface area contributed by atoms with Crippen LogP contribution >= 0.6 is 0 Å². The minimum Gasteiger partial charge on any atom is -0.496 e. The predicted octanol–water partition coefficient (Wildman–Crippen LogP) is 1.49. The van der Waals surface area contributed by atoms with Crippen LogP contribution in [0, 0.1) is 0 Å². The van der Waals surface area contributed by atoms with Crippen molar-refractivity contribution >= 4 is 6.29 Å². The van der Waals surface area contributed by atoms with Gasteiger partial charge >= 0.3 is 0 Å². The van der Waals surface area contributed by atoms with Gasteiger partial charge in [0.05, 0.1) is 12.7 Å². The number of carbonyl (C=O) groups excluding carboxylic acids is 1. The molecule has 0 radical (unpaired) electrons. The van der Waals surface area contributed by atoms with Crippen molar-refractivity contribution in [1.29, 1.82) is 0 Å². The van der Waals surface area contributed by atoms with Crippen molar-refractivity contribution in [3.63, 3.8) is 0 Å². The third-order valence-corrected chi connectivity index (χ3v) is 1.70. The van der Waals surface area contributed by atoms with Crippen LogP contribution in [0.25, 0.3) is 0 Å². The summed E-state index contributed by atoms with van der Waals surface area (Å²) in [7, 11) is 3.02. The van der Waals surface area contributed by atoms with Crippen LogP contribution in [0.2, 0.25) is 0 Å². The number of rotatable bonds is 5. The topological polar surface area (TPSA) is 44.8 Å². The standard InChI is InChI=1S/C10H12O4/c1-12-7-14-10-5-3-4-9(13-2)8(10)6-11/h3-6H,7H2,1-2H3. The van der Waals surface area contributed by atoms with Gasteiger partial charge in [-0.25, -0.2) is 0 Å². The SMILES string of the molecule is COCOc1cccc(OC)c1C=O. The second-order valence-electron chi connectivity index (χ2n) is 2.54. The Labute approximate surface area is 82.4 Å². The van der Waals surface area contributed by atoms with Gasteiger partial charge in [-0.15, -0.1) is 0 Å². The fourth-order valence-corrected chi connectivity index (χ4v) is 1.07. The van der Waals surface area contributed by atoms with Crippen molar-refractivity contribution in [3.05, 3.63) is 23.8 Å². The highest BCUT2D eigenvalue weighted by atomic mass is 16.7. The number of aldehydes is 1. The van der Waals surface area contributed by atoms with Gasteiger partial charge in [0.1, 0.15) is 11.5 Å². The highest BCUT2D eigenvalue weighted by Gasteiger charge is 2.08. The first-order valence-corrected chi connectivity index (χ1v) is 4.07. The van der Waals surface area contributed by atoms with E-state index in [0.29, 0.717) is 23.3 Å². The van der Waals surface area contributed by atoms with Gasteiger partial charge < -0.3 is 14.2 Å². The summed E-state index contributed by atoms with van der Waals surface area (Å²) in [5, 5.41) is 0. The average Bonchev–Trinajstić information content (AvgIpc) is 2.25. The molecule has 4 nitrogen and oxygen atoms in total. The zero-order valence-electron chi connectivity index (χ0n) is 8.15. The number of methoxy groups -OCH3 is 2. The minimum atomic E-state index is 0.105. The van der Waals surface area contributed by atoms with E-state index in [4.69, 9.17) is 14.2 Å². The maximum atomic E-state index is 10.8. The molecular formula is C10H12O4. The lowest BCUT2D eigenvalue weighted by molar-refractivity contribution is 0.0503. The second kappa shape index (κ2) is 5.24. The van der Waals surface area contributed by atoms with Gasteiger partial charge in [0.2, 0.25) is 0 Å². The smallest absolute Gasteiger partial charge is 0.188 e. The molecule has 0 heterocycles. The fraction of sp³-hybridized carbons (Fsp3) is 0.300. The molecule has 0 aromatic heterocycles. The normalized spacial score (nSPS) is 9.57. The lowest BCUT2D eigenvalue weighted by Crippen LogP contribution is -2.02. The number of hydrogen-bond donors (Lipinski definition) is 0. The van der Waals surface area contributed by atoms with Gasteiger partial charge in [-0.05, 0) is 12.1 Å². The molecule has 4 heteroatoms. The first kappa shape index (κ1) is 10.5. The summed E-state index contributed by atoms with van der Waals surface area (Å²) >= 11 is 0. The molecule has 0 aliphatic rings. The summed E-state index contributed by atoms with van der Waals surface area (Å²) in [6, 6.07) is 5.13. The van der Waals surface area contributed by atoms with Crippen molar-refractivity contribution < 1.29 is 19.0 Å². The van der Waals surface area contributed by atoms with Crippen molar-refractivity contribution in [3.8, 4) is 11.5 Å². The molecule has 0 bridgehead atoms. The van der Waals surface area contributed by atoms with Crippen molar-refractivity contribution in [1.82, 2.24) is 0 Å². The highest BCUT2D eigenvalue weighted by Crippen LogP contribution is 2.26. The Balaban J connectivity index is 2.96. The Morgan fingerprint density at radius 1 is 1.29 bits per heavy atom. The predicted molar refractivity (Wildman–Crippen MR) is 50.9 cm³/mol. The van der Waals surface area contributed by atoms with Gasteiger partial charge in [0.25, 0.3) is 0 Å². The van der Waals surface area contributed by atoms with E-state index in [0.717, 1.165) is 0 Å². The number of hydrogen-bond acceptors (Lipinski definition) is 4. The first-order chi connectivity index (χ1) is 6.83. The Hall–Kier alpha value is -1.55. The monoisotopic (exact) mass is 196 g/mol. The second-order valence-corrected chi connectivity index (χ2v) is 2.54.